The minimum atomic E-state index is -0.701. The van der Waals surface area contributed by atoms with E-state index in [-0.39, 0.29) is 40.8 Å². The maximum absolute atomic E-state index is 13.2. The van der Waals surface area contributed by atoms with Crippen molar-refractivity contribution in [2.75, 3.05) is 12.0 Å². The molecule has 33 heavy (non-hydrogen) atoms. The zero-order valence-electron chi connectivity index (χ0n) is 21.8. The molecule has 6 heteroatoms. The Bertz CT molecular complexity index is 754. The van der Waals surface area contributed by atoms with Crippen molar-refractivity contribution >= 4 is 29.4 Å². The summed E-state index contributed by atoms with van der Waals surface area (Å²) in [6.07, 6.45) is 8.56. The van der Waals surface area contributed by atoms with Crippen molar-refractivity contribution in [1.29, 1.82) is 0 Å². The molecule has 2 bridgehead atoms. The molecule has 3 rings (SSSR count). The van der Waals surface area contributed by atoms with Crippen LogP contribution in [0.25, 0.3) is 0 Å². The van der Waals surface area contributed by atoms with E-state index in [2.05, 4.69) is 20.8 Å². The lowest BCUT2D eigenvalue weighted by Crippen LogP contribution is -2.42. The minimum absolute atomic E-state index is 0.0924. The highest BCUT2D eigenvalue weighted by Gasteiger charge is 2.47. The summed E-state index contributed by atoms with van der Waals surface area (Å²) in [6, 6.07) is -0.701. The number of nitrogens with zero attached hydrogens (tertiary/aromatic N) is 1. The van der Waals surface area contributed by atoms with Crippen molar-refractivity contribution in [2.45, 2.75) is 99.0 Å². The van der Waals surface area contributed by atoms with E-state index in [1.54, 1.807) is 11.8 Å². The normalized spacial score (nSPS) is 27.6. The summed E-state index contributed by atoms with van der Waals surface area (Å²) in [6.45, 7) is 12.4. The van der Waals surface area contributed by atoms with E-state index in [1.807, 2.05) is 27.0 Å². The van der Waals surface area contributed by atoms with Crippen LogP contribution in [0.5, 0.6) is 0 Å². The van der Waals surface area contributed by atoms with E-state index < -0.39 is 11.9 Å². The Kier molecular flexibility index (Phi) is 10.1. The van der Waals surface area contributed by atoms with Gasteiger partial charge in [-0.25, -0.2) is 0 Å². The fourth-order valence-electron chi connectivity index (χ4n) is 6.19. The molecule has 1 aliphatic heterocycles. The van der Waals surface area contributed by atoms with Gasteiger partial charge < -0.3 is 5.11 Å². The summed E-state index contributed by atoms with van der Waals surface area (Å²) in [5.74, 6) is 1.15. The lowest BCUT2D eigenvalue weighted by atomic mass is 9.84. The molecule has 2 saturated carbocycles. The summed E-state index contributed by atoms with van der Waals surface area (Å²) < 4.78 is 0. The Balaban J connectivity index is 0.00000187. The highest BCUT2D eigenvalue weighted by molar-refractivity contribution is 7.98. The zero-order valence-corrected chi connectivity index (χ0v) is 22.6. The van der Waals surface area contributed by atoms with E-state index in [4.69, 9.17) is 0 Å². The van der Waals surface area contributed by atoms with E-state index >= 15 is 0 Å². The van der Waals surface area contributed by atoms with Crippen LogP contribution < -0.4 is 0 Å². The number of fused-ring (bicyclic) bond motifs is 2. The van der Waals surface area contributed by atoms with Crippen LogP contribution >= 0.6 is 11.8 Å². The van der Waals surface area contributed by atoms with Crippen molar-refractivity contribution in [3.8, 4) is 0 Å². The minimum Gasteiger partial charge on any atom is -0.509 e. The SMILES string of the molecule is CC.CSCCC1C(O)=C(C(=O)CC2CC3CCC2C3)C(=O)N1C(=O)CC(C)CC(C)(C)C. The number of Topliss-reactive ketones (excluding diaryl/α,β-unsaturated/α-hetero) is 1. The fraction of sp³-hybridized carbons (Fsp3) is 0.815. The molecule has 0 saturated heterocycles. The molecule has 5 unspecified atom stereocenters. The van der Waals surface area contributed by atoms with Gasteiger partial charge in [0.1, 0.15) is 11.3 Å². The molecule has 188 valence electrons. The van der Waals surface area contributed by atoms with Crippen LogP contribution in [-0.4, -0.2) is 45.7 Å². The number of aliphatic hydroxyl groups is 1. The van der Waals surface area contributed by atoms with E-state index in [9.17, 15) is 19.5 Å². The van der Waals surface area contributed by atoms with Crippen LogP contribution in [0.3, 0.4) is 0 Å². The number of carbonyl (C=O) groups excluding carboxylic acids is 3. The third-order valence-electron chi connectivity index (χ3n) is 7.28. The summed E-state index contributed by atoms with van der Waals surface area (Å²) >= 11 is 1.60. The van der Waals surface area contributed by atoms with Gasteiger partial charge in [0.25, 0.3) is 5.91 Å². The third-order valence-corrected chi connectivity index (χ3v) is 7.92. The van der Waals surface area contributed by atoms with Crippen molar-refractivity contribution in [1.82, 2.24) is 4.90 Å². The van der Waals surface area contributed by atoms with E-state index in [1.165, 1.54) is 24.2 Å². The number of hydrogen-bond donors (Lipinski definition) is 1. The number of thioether (sulfide) groups is 1. The molecule has 0 aromatic rings. The predicted molar refractivity (Wildman–Crippen MR) is 136 cm³/mol. The Morgan fingerprint density at radius 2 is 1.85 bits per heavy atom. The van der Waals surface area contributed by atoms with Crippen molar-refractivity contribution in [3.05, 3.63) is 11.3 Å². The number of aliphatic hydroxyl groups excluding tert-OH is 1. The summed E-state index contributed by atoms with van der Waals surface area (Å²) in [4.78, 5) is 40.7. The van der Waals surface area contributed by atoms with Crippen LogP contribution in [0.2, 0.25) is 0 Å². The summed E-state index contributed by atoms with van der Waals surface area (Å²) in [5, 5.41) is 10.9. The first-order valence-corrected chi connectivity index (χ1v) is 14.2. The predicted octanol–water partition coefficient (Wildman–Crippen LogP) is 6.17. The van der Waals surface area contributed by atoms with E-state index in [0.717, 1.165) is 18.8 Å². The van der Waals surface area contributed by atoms with Gasteiger partial charge in [-0.3, -0.25) is 19.3 Å². The van der Waals surface area contributed by atoms with Crippen molar-refractivity contribution < 1.29 is 19.5 Å². The maximum Gasteiger partial charge on any atom is 0.268 e. The number of imide groups is 1. The number of hydrogen-bond acceptors (Lipinski definition) is 5. The highest BCUT2D eigenvalue weighted by atomic mass is 32.2. The van der Waals surface area contributed by atoms with Crippen LogP contribution in [0.1, 0.15) is 92.9 Å². The number of carbonyl (C=O) groups is 3. The molecular formula is C27H45NO4S. The smallest absolute Gasteiger partial charge is 0.268 e. The number of rotatable bonds is 9. The van der Waals surface area contributed by atoms with Gasteiger partial charge in [0, 0.05) is 12.8 Å². The number of amides is 2. The van der Waals surface area contributed by atoms with Crippen molar-refractivity contribution in [2.24, 2.45) is 29.1 Å². The molecular weight excluding hydrogens is 434 g/mol. The summed E-state index contributed by atoms with van der Waals surface area (Å²) in [7, 11) is 0. The Morgan fingerprint density at radius 3 is 2.36 bits per heavy atom. The molecule has 0 aromatic carbocycles. The summed E-state index contributed by atoms with van der Waals surface area (Å²) in [5.41, 5.74) is -0.0273. The first-order valence-electron chi connectivity index (χ1n) is 12.8. The second-order valence-electron chi connectivity index (χ2n) is 11.3. The molecule has 5 atom stereocenters. The maximum atomic E-state index is 13.2. The van der Waals surface area contributed by atoms with Crippen LogP contribution in [0.4, 0.5) is 0 Å². The first kappa shape index (κ1) is 27.9. The van der Waals surface area contributed by atoms with Gasteiger partial charge in [-0.05, 0) is 73.2 Å². The fourth-order valence-corrected chi connectivity index (χ4v) is 6.64. The largest absolute Gasteiger partial charge is 0.509 e. The van der Waals surface area contributed by atoms with Crippen LogP contribution in [-0.2, 0) is 14.4 Å². The molecule has 0 spiro atoms. The standard InChI is InChI=1S/C25H39NO4S.C2H6/c1-15(14-25(2,3)4)10-21(28)26-19(8-9-31-5)23(29)22(24(26)30)20(27)13-18-12-16-6-7-17(18)11-16;1-2/h15-19,29H,6-14H2,1-5H3;1-2H3. The molecule has 2 amide bonds. The van der Waals surface area contributed by atoms with Crippen LogP contribution in [0, 0.1) is 29.1 Å². The monoisotopic (exact) mass is 479 g/mol. The number of ketones is 1. The Morgan fingerprint density at radius 1 is 1.18 bits per heavy atom. The highest BCUT2D eigenvalue weighted by Crippen LogP contribution is 2.50. The van der Waals surface area contributed by atoms with Gasteiger partial charge in [0.05, 0.1) is 6.04 Å². The molecule has 0 radical (unpaired) electrons. The molecule has 3 aliphatic rings. The quantitative estimate of drug-likeness (QED) is 0.400. The van der Waals surface area contributed by atoms with Gasteiger partial charge in [-0.15, -0.1) is 0 Å². The molecule has 2 fully saturated rings. The second-order valence-corrected chi connectivity index (χ2v) is 12.2. The van der Waals surface area contributed by atoms with Crippen LogP contribution in [0.15, 0.2) is 11.3 Å². The zero-order chi connectivity index (χ0) is 24.9. The second kappa shape index (κ2) is 11.9. The average molecular weight is 480 g/mol. The Hall–Kier alpha value is -1.30. The topological polar surface area (TPSA) is 74.7 Å². The lowest BCUT2D eigenvalue weighted by Gasteiger charge is -2.27. The molecule has 1 heterocycles. The third kappa shape index (κ3) is 6.86. The molecule has 0 aromatic heterocycles. The first-order chi connectivity index (χ1) is 15.5. The van der Waals surface area contributed by atoms with Gasteiger partial charge in [-0.2, -0.15) is 11.8 Å². The van der Waals surface area contributed by atoms with Crippen molar-refractivity contribution in [3.63, 3.8) is 0 Å². The van der Waals surface area contributed by atoms with Gasteiger partial charge in [0.15, 0.2) is 5.78 Å². The molecule has 5 nitrogen and oxygen atoms in total. The average Bonchev–Trinajstić information content (AvgIpc) is 3.39. The van der Waals surface area contributed by atoms with Gasteiger partial charge >= 0.3 is 0 Å². The van der Waals surface area contributed by atoms with Gasteiger partial charge in [-0.1, -0.05) is 48.0 Å². The lowest BCUT2D eigenvalue weighted by molar-refractivity contribution is -0.144. The molecule has 2 aliphatic carbocycles. The molecule has 1 N–H and O–H groups in total. The van der Waals surface area contributed by atoms with Gasteiger partial charge in [0.2, 0.25) is 5.91 Å². The Labute approximate surface area is 205 Å². The van der Waals surface area contributed by atoms with E-state index in [0.29, 0.717) is 30.4 Å².